The molecule has 0 aromatic rings. The van der Waals surface area contributed by atoms with Crippen molar-refractivity contribution < 1.29 is 24.5 Å². The van der Waals surface area contributed by atoms with Gasteiger partial charge in [-0.3, -0.25) is 9.59 Å². The lowest BCUT2D eigenvalue weighted by Gasteiger charge is -2.62. The molecule has 0 aromatic carbocycles. The number of ketones is 1. The fourth-order valence-corrected chi connectivity index (χ4v) is 9.47. The Kier molecular flexibility index (Phi) is 7.77. The minimum atomic E-state index is -0.545. The summed E-state index contributed by atoms with van der Waals surface area (Å²) in [5.74, 6) is 0.287. The van der Waals surface area contributed by atoms with E-state index in [1.165, 1.54) is 11.8 Å². The molecule has 4 rings (SSSR count). The summed E-state index contributed by atoms with van der Waals surface area (Å²) in [7, 11) is 0. The maximum absolute atomic E-state index is 13.5. The van der Waals surface area contributed by atoms with Gasteiger partial charge in [0, 0.05) is 29.0 Å². The Morgan fingerprint density at radius 2 is 1.89 bits per heavy atom. The molecule has 0 amide bonds. The molecule has 200 valence electrons. The predicted molar refractivity (Wildman–Crippen MR) is 139 cm³/mol. The summed E-state index contributed by atoms with van der Waals surface area (Å²) in [4.78, 5) is 26.7. The number of hydrogen-bond donors (Lipinski definition) is 3. The molecule has 7 heteroatoms. The lowest BCUT2D eigenvalue weighted by atomic mass is 9.43. The van der Waals surface area contributed by atoms with Crippen LogP contribution in [0.15, 0.2) is 0 Å². The first-order valence-electron chi connectivity index (χ1n) is 13.8. The van der Waals surface area contributed by atoms with Crippen LogP contribution in [0.3, 0.4) is 0 Å². The maximum Gasteiger partial charge on any atom is 0.316 e. The highest BCUT2D eigenvalue weighted by molar-refractivity contribution is 8.00. The first kappa shape index (κ1) is 27.4. The average molecular weight is 510 g/mol. The van der Waals surface area contributed by atoms with Crippen molar-refractivity contribution in [1.29, 1.82) is 0 Å². The highest BCUT2D eigenvalue weighted by Gasteiger charge is 2.68. The van der Waals surface area contributed by atoms with Crippen LogP contribution in [-0.2, 0) is 14.3 Å². The van der Waals surface area contributed by atoms with Gasteiger partial charge in [0.15, 0.2) is 0 Å². The van der Waals surface area contributed by atoms with E-state index in [0.29, 0.717) is 19.3 Å². The first-order chi connectivity index (χ1) is 16.4. The molecule has 0 unspecified atom stereocenters. The van der Waals surface area contributed by atoms with Gasteiger partial charge in [-0.25, -0.2) is 0 Å². The standard InChI is InChI=1S/C28H47NO5S/c1-6-26(4)14-22(34-23(32)15-35-21-8-7-18(29)13-20(21)31)27(5)16(2)9-11-28(17(3)25(26)33)12-10-19(30)24(27)28/h16-18,20-22,24-25,31,33H,6-15,29H2,1-5H3/t16-,17+,18-,20-,21-,22-,24+,25+,26-,27+,28+/m1/s1. The smallest absolute Gasteiger partial charge is 0.316 e. The number of thioether (sulfide) groups is 1. The second-order valence-electron chi connectivity index (χ2n) is 12.9. The zero-order chi connectivity index (χ0) is 25.8. The third-order valence-corrected chi connectivity index (χ3v) is 12.6. The average Bonchev–Trinajstić information content (AvgIpc) is 3.17. The van der Waals surface area contributed by atoms with Gasteiger partial charge in [-0.2, -0.15) is 0 Å². The molecule has 4 saturated carbocycles. The van der Waals surface area contributed by atoms with Gasteiger partial charge in [-0.1, -0.05) is 34.6 Å². The maximum atomic E-state index is 13.5. The third-order valence-electron chi connectivity index (χ3n) is 11.2. The molecule has 4 aliphatic rings. The van der Waals surface area contributed by atoms with E-state index in [1.54, 1.807) is 0 Å². The van der Waals surface area contributed by atoms with Gasteiger partial charge in [-0.15, -0.1) is 11.8 Å². The van der Waals surface area contributed by atoms with Crippen LogP contribution in [0.1, 0.15) is 92.4 Å². The Labute approximate surface area is 215 Å². The molecule has 2 bridgehead atoms. The molecular formula is C28H47NO5S. The van der Waals surface area contributed by atoms with Crippen molar-refractivity contribution in [2.45, 2.75) is 122 Å². The number of Topliss-reactive ketones (excluding diaryl/α,β-unsaturated/α-hetero) is 1. The van der Waals surface area contributed by atoms with E-state index < -0.39 is 29.1 Å². The van der Waals surface area contributed by atoms with Gasteiger partial charge in [0.2, 0.25) is 0 Å². The van der Waals surface area contributed by atoms with Gasteiger partial charge in [0.25, 0.3) is 0 Å². The van der Waals surface area contributed by atoms with Crippen LogP contribution < -0.4 is 5.73 Å². The second-order valence-corrected chi connectivity index (χ2v) is 14.1. The first-order valence-corrected chi connectivity index (χ1v) is 14.9. The minimum Gasteiger partial charge on any atom is -0.461 e. The van der Waals surface area contributed by atoms with Crippen LogP contribution in [0.5, 0.6) is 0 Å². The number of aliphatic hydroxyl groups excluding tert-OH is 2. The van der Waals surface area contributed by atoms with E-state index in [-0.39, 0.29) is 52.0 Å². The van der Waals surface area contributed by atoms with Crippen LogP contribution in [0.2, 0.25) is 0 Å². The summed E-state index contributed by atoms with van der Waals surface area (Å²) in [6, 6.07) is 0.0289. The summed E-state index contributed by atoms with van der Waals surface area (Å²) in [6.07, 6.45) is 5.45. The number of hydrogen-bond acceptors (Lipinski definition) is 7. The summed E-state index contributed by atoms with van der Waals surface area (Å²) >= 11 is 1.47. The number of esters is 1. The Balaban J connectivity index is 1.61. The fourth-order valence-electron chi connectivity index (χ4n) is 8.42. The van der Waals surface area contributed by atoms with Crippen LogP contribution >= 0.6 is 11.8 Å². The van der Waals surface area contributed by atoms with Crippen LogP contribution in [0.4, 0.5) is 0 Å². The number of nitrogens with two attached hydrogens (primary N) is 1. The number of ether oxygens (including phenoxy) is 1. The molecule has 4 aliphatic carbocycles. The second kappa shape index (κ2) is 9.92. The van der Waals surface area contributed by atoms with Crippen molar-refractivity contribution in [3.8, 4) is 0 Å². The van der Waals surface area contributed by atoms with E-state index in [9.17, 15) is 19.8 Å². The molecule has 0 aromatic heterocycles. The Bertz CT molecular complexity index is 823. The van der Waals surface area contributed by atoms with Crippen molar-refractivity contribution >= 4 is 23.5 Å². The molecule has 11 atom stereocenters. The Morgan fingerprint density at radius 3 is 2.54 bits per heavy atom. The number of carbonyl (C=O) groups excluding carboxylic acids is 2. The molecule has 4 N–H and O–H groups in total. The lowest BCUT2D eigenvalue weighted by Crippen LogP contribution is -2.63. The Morgan fingerprint density at radius 1 is 1.17 bits per heavy atom. The SMILES string of the molecule is CC[C@]1(C)C[C@@H](OC(=O)CS[C@@H]2CC[C@@H](N)C[C@H]2O)[C@]2(C)[C@H](C)CC[C@]3(CCC(=O)[C@H]32)[C@@H](C)[C@@H]1O. The van der Waals surface area contributed by atoms with Crippen molar-refractivity contribution in [3.05, 3.63) is 0 Å². The molecule has 0 heterocycles. The monoisotopic (exact) mass is 509 g/mol. The van der Waals surface area contributed by atoms with Gasteiger partial charge >= 0.3 is 5.97 Å². The molecule has 0 spiro atoms. The van der Waals surface area contributed by atoms with Crippen molar-refractivity contribution in [1.82, 2.24) is 0 Å². The molecule has 0 aliphatic heterocycles. The molecule has 0 radical (unpaired) electrons. The predicted octanol–water partition coefficient (Wildman–Crippen LogP) is 4.09. The highest BCUT2D eigenvalue weighted by atomic mass is 32.2. The third kappa shape index (κ3) is 4.51. The zero-order valence-corrected chi connectivity index (χ0v) is 23.1. The number of aliphatic hydroxyl groups is 2. The lowest BCUT2D eigenvalue weighted by molar-refractivity contribution is -0.211. The van der Waals surface area contributed by atoms with E-state index in [2.05, 4.69) is 34.6 Å². The van der Waals surface area contributed by atoms with Crippen LogP contribution in [0.25, 0.3) is 0 Å². The molecule has 0 saturated heterocycles. The van der Waals surface area contributed by atoms with Gasteiger partial charge in [-0.05, 0) is 74.0 Å². The fraction of sp³-hybridized carbons (Fsp3) is 0.929. The van der Waals surface area contributed by atoms with E-state index in [0.717, 1.165) is 38.5 Å². The van der Waals surface area contributed by atoms with E-state index in [4.69, 9.17) is 10.5 Å². The molecule has 35 heavy (non-hydrogen) atoms. The summed E-state index contributed by atoms with van der Waals surface area (Å²) in [6.45, 7) is 10.8. The van der Waals surface area contributed by atoms with E-state index in [1.807, 2.05) is 0 Å². The van der Waals surface area contributed by atoms with E-state index >= 15 is 0 Å². The van der Waals surface area contributed by atoms with Crippen molar-refractivity contribution in [2.24, 2.45) is 39.7 Å². The minimum absolute atomic E-state index is 0.00323. The molecule has 4 fully saturated rings. The normalized spacial score (nSPS) is 50.2. The quantitative estimate of drug-likeness (QED) is 0.479. The van der Waals surface area contributed by atoms with Gasteiger partial charge < -0.3 is 20.7 Å². The van der Waals surface area contributed by atoms with Crippen LogP contribution in [-0.4, -0.2) is 57.3 Å². The molecule has 6 nitrogen and oxygen atoms in total. The van der Waals surface area contributed by atoms with Crippen LogP contribution in [0, 0.1) is 34.0 Å². The largest absolute Gasteiger partial charge is 0.461 e. The zero-order valence-electron chi connectivity index (χ0n) is 22.3. The topological polar surface area (TPSA) is 110 Å². The highest BCUT2D eigenvalue weighted by Crippen LogP contribution is 2.68. The summed E-state index contributed by atoms with van der Waals surface area (Å²) in [5.41, 5.74) is 4.91. The van der Waals surface area contributed by atoms with Crippen molar-refractivity contribution in [2.75, 3.05) is 5.75 Å². The van der Waals surface area contributed by atoms with Gasteiger partial charge in [0.1, 0.15) is 11.9 Å². The van der Waals surface area contributed by atoms with Gasteiger partial charge in [0.05, 0.1) is 18.0 Å². The molecular weight excluding hydrogens is 462 g/mol. The van der Waals surface area contributed by atoms with Crippen molar-refractivity contribution in [3.63, 3.8) is 0 Å². The number of rotatable bonds is 5. The number of carbonyl (C=O) groups is 2. The Hall–Kier alpha value is -0.630. The summed E-state index contributed by atoms with van der Waals surface area (Å²) < 4.78 is 6.34. The summed E-state index contributed by atoms with van der Waals surface area (Å²) in [5, 5.41) is 22.1.